The van der Waals surface area contributed by atoms with Crippen molar-refractivity contribution in [2.45, 2.75) is 32.5 Å². The maximum atomic E-state index is 14.1. The van der Waals surface area contributed by atoms with Gasteiger partial charge >= 0.3 is 0 Å². The second-order valence-electron chi connectivity index (χ2n) is 9.25. The molecule has 3 aromatic rings. The lowest BCUT2D eigenvalue weighted by atomic mass is 10.1. The van der Waals surface area contributed by atoms with Gasteiger partial charge in [0.25, 0.3) is 11.8 Å². The van der Waals surface area contributed by atoms with E-state index in [9.17, 15) is 23.2 Å². The first-order valence-corrected chi connectivity index (χ1v) is 12.2. The van der Waals surface area contributed by atoms with Crippen LogP contribution in [0.25, 0.3) is 0 Å². The minimum absolute atomic E-state index is 0.0116. The van der Waals surface area contributed by atoms with Crippen LogP contribution in [0.5, 0.6) is 5.75 Å². The molecule has 2 aliphatic heterocycles. The monoisotopic (exact) mass is 520 g/mol. The van der Waals surface area contributed by atoms with Gasteiger partial charge in [-0.1, -0.05) is 48.6 Å². The molecular weight excluding hydrogens is 494 g/mol. The van der Waals surface area contributed by atoms with Gasteiger partial charge in [0, 0.05) is 37.0 Å². The van der Waals surface area contributed by atoms with Crippen LogP contribution in [-0.2, 0) is 13.2 Å². The van der Waals surface area contributed by atoms with E-state index in [1.807, 2.05) is 54.4 Å². The van der Waals surface area contributed by atoms with E-state index in [4.69, 9.17) is 4.74 Å². The smallest absolute Gasteiger partial charge is 0.278 e. The largest absolute Gasteiger partial charge is 0.482 e. The van der Waals surface area contributed by atoms with Crippen LogP contribution in [0.2, 0.25) is 0 Å². The van der Waals surface area contributed by atoms with Crippen LogP contribution in [0.15, 0.2) is 71.7 Å². The van der Waals surface area contributed by atoms with Crippen molar-refractivity contribution in [2.75, 3.05) is 18.2 Å². The Kier molecular flexibility index (Phi) is 6.95. The van der Waals surface area contributed by atoms with E-state index in [1.54, 1.807) is 4.90 Å². The number of carbonyl (C=O) groups is 2. The molecule has 0 fully saturated rings. The summed E-state index contributed by atoms with van der Waals surface area (Å²) < 4.78 is 34.8. The number of halogens is 2. The summed E-state index contributed by atoms with van der Waals surface area (Å²) in [6, 6.07) is 12.1. The molecule has 0 saturated heterocycles. The van der Waals surface area contributed by atoms with E-state index in [-0.39, 0.29) is 54.3 Å². The highest BCUT2D eigenvalue weighted by atomic mass is 19.1. The Bertz CT molecular complexity index is 1470. The molecule has 10 heteroatoms. The highest BCUT2D eigenvalue weighted by Gasteiger charge is 2.36. The molecule has 2 aliphatic rings. The van der Waals surface area contributed by atoms with Gasteiger partial charge in [0.05, 0.1) is 0 Å². The van der Waals surface area contributed by atoms with Crippen molar-refractivity contribution >= 4 is 11.8 Å². The average molecular weight is 521 g/mol. The van der Waals surface area contributed by atoms with Gasteiger partial charge in [-0.2, -0.15) is 0 Å². The fourth-order valence-corrected chi connectivity index (χ4v) is 4.50. The third-order valence-electron chi connectivity index (χ3n) is 6.63. The van der Waals surface area contributed by atoms with E-state index >= 15 is 0 Å². The van der Waals surface area contributed by atoms with Gasteiger partial charge in [-0.15, -0.1) is 0 Å². The molecule has 1 aromatic heterocycles. The van der Waals surface area contributed by atoms with Gasteiger partial charge < -0.3 is 15.0 Å². The molecule has 0 radical (unpaired) electrons. The number of benzene rings is 2. The first-order chi connectivity index (χ1) is 18.3. The lowest BCUT2D eigenvalue weighted by Crippen LogP contribution is -2.58. The third kappa shape index (κ3) is 4.89. The second-order valence-corrected chi connectivity index (χ2v) is 9.25. The molecular formula is C28H26F2N4O4. The van der Waals surface area contributed by atoms with Crippen molar-refractivity contribution in [3.8, 4) is 5.75 Å². The molecule has 8 nitrogen and oxygen atoms in total. The fourth-order valence-electron chi connectivity index (χ4n) is 4.50. The minimum Gasteiger partial charge on any atom is -0.482 e. The molecule has 0 saturated carbocycles. The highest BCUT2D eigenvalue weighted by Crippen LogP contribution is 2.26. The molecule has 1 N–H and O–H groups in total. The van der Waals surface area contributed by atoms with Gasteiger partial charge in [-0.3, -0.25) is 24.1 Å². The molecule has 0 spiro atoms. The maximum absolute atomic E-state index is 14.1. The van der Waals surface area contributed by atoms with Crippen LogP contribution < -0.4 is 20.5 Å². The number of rotatable bonds is 6. The standard InChI is InChI=1S/C28H26F2N4O4/c1-18-7-5-6-12-32-17-34(18)33-15-22(27(36)31-14-20-10-11-21(29)13-23(20)30)25(35)26(24(33)28(32)37)38-16-19-8-3-2-4-9-19/h2-6,8-11,13,15,18H,7,12,14,16-17H2,1H3,(H,31,36)/b6-5-/t18-/m0/s1. The molecule has 0 aliphatic carbocycles. The normalized spacial score (nSPS) is 17.3. The van der Waals surface area contributed by atoms with Gasteiger partial charge in [0.15, 0.2) is 11.4 Å². The highest BCUT2D eigenvalue weighted by molar-refractivity contribution is 5.99. The summed E-state index contributed by atoms with van der Waals surface area (Å²) in [6.45, 7) is 2.37. The van der Waals surface area contributed by atoms with Gasteiger partial charge in [0.2, 0.25) is 5.43 Å². The summed E-state index contributed by atoms with van der Waals surface area (Å²) in [5.74, 6) is -2.94. The fraction of sp³-hybridized carbons (Fsp3) is 0.250. The average Bonchev–Trinajstić information content (AvgIpc) is 2.90. The van der Waals surface area contributed by atoms with Crippen LogP contribution in [0.4, 0.5) is 8.78 Å². The molecule has 1 atom stereocenters. The Balaban J connectivity index is 1.55. The van der Waals surface area contributed by atoms with E-state index in [1.165, 1.54) is 16.9 Å². The number of amides is 2. The predicted octanol–water partition coefficient (Wildman–Crippen LogP) is 3.34. The maximum Gasteiger partial charge on any atom is 0.278 e. The van der Waals surface area contributed by atoms with Crippen molar-refractivity contribution in [3.05, 3.63) is 111 Å². The summed E-state index contributed by atoms with van der Waals surface area (Å²) in [5.41, 5.74) is -0.124. The predicted molar refractivity (Wildman–Crippen MR) is 136 cm³/mol. The number of hydrogen-bond donors (Lipinski definition) is 1. The van der Waals surface area contributed by atoms with Crippen LogP contribution >= 0.6 is 0 Å². The quantitative estimate of drug-likeness (QED) is 0.504. The number of ether oxygens (including phenoxy) is 1. The van der Waals surface area contributed by atoms with Crippen molar-refractivity contribution < 1.29 is 23.1 Å². The van der Waals surface area contributed by atoms with Gasteiger partial charge in [-0.25, -0.2) is 8.78 Å². The number of pyridine rings is 1. The number of hydrogen-bond acceptors (Lipinski definition) is 5. The zero-order valence-corrected chi connectivity index (χ0v) is 20.7. The molecule has 38 heavy (non-hydrogen) atoms. The Morgan fingerprint density at radius 2 is 1.89 bits per heavy atom. The number of fused-ring (bicyclic) bond motifs is 4. The molecule has 196 valence electrons. The van der Waals surface area contributed by atoms with Crippen molar-refractivity contribution in [2.24, 2.45) is 0 Å². The molecule has 2 amide bonds. The molecule has 0 unspecified atom stereocenters. The Hall–Kier alpha value is -4.47. The topological polar surface area (TPSA) is 83.9 Å². The van der Waals surface area contributed by atoms with Crippen molar-refractivity contribution in [1.82, 2.24) is 14.9 Å². The van der Waals surface area contributed by atoms with Crippen LogP contribution in [-0.4, -0.2) is 40.6 Å². The van der Waals surface area contributed by atoms with Crippen molar-refractivity contribution in [1.29, 1.82) is 0 Å². The van der Waals surface area contributed by atoms with E-state index in [2.05, 4.69) is 5.32 Å². The lowest BCUT2D eigenvalue weighted by Gasteiger charge is -2.43. The summed E-state index contributed by atoms with van der Waals surface area (Å²) in [6.07, 6.45) is 5.93. The first kappa shape index (κ1) is 25.2. The van der Waals surface area contributed by atoms with Crippen molar-refractivity contribution in [3.63, 3.8) is 0 Å². The Labute approximate surface area is 217 Å². The summed E-state index contributed by atoms with van der Waals surface area (Å²) in [5, 5.41) is 4.42. The van der Waals surface area contributed by atoms with Gasteiger partial charge in [-0.05, 0) is 25.0 Å². The van der Waals surface area contributed by atoms with Crippen LogP contribution in [0.3, 0.4) is 0 Å². The second kappa shape index (κ2) is 10.5. The van der Waals surface area contributed by atoms with Gasteiger partial charge in [0.1, 0.15) is 30.5 Å². The van der Waals surface area contributed by atoms with E-state index in [0.29, 0.717) is 13.0 Å². The molecule has 2 aromatic carbocycles. The lowest BCUT2D eigenvalue weighted by molar-refractivity contribution is 0.0691. The Morgan fingerprint density at radius 3 is 2.66 bits per heavy atom. The molecule has 2 bridgehead atoms. The van der Waals surface area contributed by atoms with E-state index in [0.717, 1.165) is 17.7 Å². The third-order valence-corrected chi connectivity index (χ3v) is 6.63. The minimum atomic E-state index is -0.812. The zero-order valence-electron chi connectivity index (χ0n) is 20.7. The first-order valence-electron chi connectivity index (χ1n) is 12.2. The van der Waals surface area contributed by atoms with E-state index < -0.39 is 23.0 Å². The summed E-state index contributed by atoms with van der Waals surface area (Å²) in [7, 11) is 0. The van der Waals surface area contributed by atoms with Crippen LogP contribution in [0, 0.1) is 11.6 Å². The van der Waals surface area contributed by atoms with Crippen LogP contribution in [0.1, 0.15) is 45.3 Å². The summed E-state index contributed by atoms with van der Waals surface area (Å²) in [4.78, 5) is 41.9. The number of nitrogens with one attached hydrogen (secondary N) is 1. The number of carbonyl (C=O) groups excluding carboxylic acids is 2. The molecule has 5 rings (SSSR count). The number of aromatic nitrogens is 1. The number of nitrogens with zero attached hydrogens (tertiary/aromatic N) is 3. The summed E-state index contributed by atoms with van der Waals surface area (Å²) >= 11 is 0. The molecule has 3 heterocycles. The SMILES string of the molecule is C[C@H]1C/C=C\CN2CN1n1cc(C(=O)NCc3ccc(F)cc3F)c(=O)c(OCc3ccccc3)c1C2=O. The Morgan fingerprint density at radius 1 is 1.11 bits per heavy atom. The zero-order chi connectivity index (χ0) is 26.8.